The predicted octanol–water partition coefficient (Wildman–Crippen LogP) is 2.09. The van der Waals surface area contributed by atoms with E-state index in [2.05, 4.69) is 15.1 Å². The molecule has 19 heavy (non-hydrogen) atoms. The van der Waals surface area contributed by atoms with Gasteiger partial charge >= 0.3 is 5.97 Å². The van der Waals surface area contributed by atoms with Gasteiger partial charge in [0, 0.05) is 6.20 Å². The van der Waals surface area contributed by atoms with Crippen molar-refractivity contribution < 1.29 is 18.4 Å². The van der Waals surface area contributed by atoms with Gasteiger partial charge in [-0.25, -0.2) is 9.18 Å². The van der Waals surface area contributed by atoms with E-state index in [0.717, 1.165) is 5.69 Å². The van der Waals surface area contributed by atoms with Crippen LogP contribution in [0.3, 0.4) is 0 Å². The Morgan fingerprint density at radius 1 is 1.42 bits per heavy atom. The van der Waals surface area contributed by atoms with E-state index in [1.54, 1.807) is 13.8 Å². The maximum absolute atomic E-state index is 12.8. The molecule has 100 valence electrons. The number of carbonyl (C=O) groups excluding carboxylic acids is 1. The number of rotatable bonds is 4. The summed E-state index contributed by atoms with van der Waals surface area (Å²) in [5, 5.41) is 3.67. The van der Waals surface area contributed by atoms with Gasteiger partial charge in [-0.15, -0.1) is 0 Å². The Bertz CT molecular complexity index is 580. The highest BCUT2D eigenvalue weighted by Gasteiger charge is 2.25. The van der Waals surface area contributed by atoms with Crippen LogP contribution < -0.4 is 0 Å². The molecule has 0 saturated heterocycles. The van der Waals surface area contributed by atoms with Crippen LogP contribution in [-0.2, 0) is 11.4 Å². The third-order valence-electron chi connectivity index (χ3n) is 2.39. The molecule has 0 aromatic carbocycles. The van der Waals surface area contributed by atoms with Gasteiger partial charge in [0.15, 0.2) is 12.4 Å². The molecular weight excluding hydrogens is 253 g/mol. The van der Waals surface area contributed by atoms with Crippen molar-refractivity contribution in [3.63, 3.8) is 0 Å². The van der Waals surface area contributed by atoms with Gasteiger partial charge in [-0.2, -0.15) is 0 Å². The van der Waals surface area contributed by atoms with E-state index in [4.69, 9.17) is 9.26 Å². The molecule has 0 aliphatic carbocycles. The second-order valence-electron chi connectivity index (χ2n) is 3.73. The molecule has 2 heterocycles. The van der Waals surface area contributed by atoms with Crippen molar-refractivity contribution in [2.45, 2.75) is 20.5 Å². The molecule has 0 radical (unpaired) electrons. The molecule has 2 rings (SSSR count). The molecule has 0 atom stereocenters. The molecule has 0 bridgehead atoms. The first kappa shape index (κ1) is 13.1. The normalized spacial score (nSPS) is 10.5. The number of carbonyl (C=O) groups is 1. The summed E-state index contributed by atoms with van der Waals surface area (Å²) in [5.41, 5.74) is 1.15. The lowest BCUT2D eigenvalue weighted by molar-refractivity contribution is 0.0523. The summed E-state index contributed by atoms with van der Waals surface area (Å²) in [6, 6.07) is 0. The van der Waals surface area contributed by atoms with Gasteiger partial charge in [0.05, 0.1) is 18.5 Å². The average molecular weight is 265 g/mol. The minimum Gasteiger partial charge on any atom is -0.462 e. The minimum absolute atomic E-state index is 0.0393. The molecule has 2 aromatic heterocycles. The molecule has 0 amide bonds. The van der Waals surface area contributed by atoms with E-state index in [9.17, 15) is 9.18 Å². The second-order valence-corrected chi connectivity index (χ2v) is 3.73. The van der Waals surface area contributed by atoms with Crippen LogP contribution in [0.1, 0.15) is 28.7 Å². The number of hydrogen-bond donors (Lipinski definition) is 0. The highest BCUT2D eigenvalue weighted by Crippen LogP contribution is 2.25. The van der Waals surface area contributed by atoms with Crippen LogP contribution in [0.15, 0.2) is 16.9 Å². The van der Waals surface area contributed by atoms with E-state index in [1.807, 2.05) is 0 Å². The lowest BCUT2D eigenvalue weighted by Gasteiger charge is -2.02. The number of alkyl halides is 1. The largest absolute Gasteiger partial charge is 0.462 e. The lowest BCUT2D eigenvalue weighted by Crippen LogP contribution is -2.08. The summed E-state index contributed by atoms with van der Waals surface area (Å²) in [7, 11) is 0. The number of hydrogen-bond acceptors (Lipinski definition) is 6. The van der Waals surface area contributed by atoms with Gasteiger partial charge in [0.1, 0.15) is 17.0 Å². The van der Waals surface area contributed by atoms with Gasteiger partial charge in [0.2, 0.25) is 0 Å². The number of halogens is 1. The zero-order chi connectivity index (χ0) is 13.8. The van der Waals surface area contributed by atoms with Crippen LogP contribution in [0.4, 0.5) is 4.39 Å². The fourth-order valence-corrected chi connectivity index (χ4v) is 1.52. The molecule has 7 heteroatoms. The van der Waals surface area contributed by atoms with Gasteiger partial charge in [-0.05, 0) is 13.8 Å². The first-order valence-electron chi connectivity index (χ1n) is 5.68. The lowest BCUT2D eigenvalue weighted by atomic mass is 10.1. The average Bonchev–Trinajstić information content (AvgIpc) is 2.83. The number of ether oxygens (including phenoxy) is 1. The Hall–Kier alpha value is -2.31. The monoisotopic (exact) mass is 265 g/mol. The summed E-state index contributed by atoms with van der Waals surface area (Å²) in [4.78, 5) is 19.9. The van der Waals surface area contributed by atoms with E-state index in [0.29, 0.717) is 5.69 Å². The Balaban J connectivity index is 2.48. The second kappa shape index (κ2) is 5.55. The number of aryl methyl sites for hydroxylation is 1. The molecule has 0 spiro atoms. The Morgan fingerprint density at radius 3 is 2.79 bits per heavy atom. The highest BCUT2D eigenvalue weighted by atomic mass is 19.1. The fourth-order valence-electron chi connectivity index (χ4n) is 1.52. The molecule has 0 unspecified atom stereocenters. The minimum atomic E-state index is -0.944. The fraction of sp³-hybridized carbons (Fsp3) is 0.333. The van der Waals surface area contributed by atoms with Crippen LogP contribution in [0, 0.1) is 6.92 Å². The predicted molar refractivity (Wildman–Crippen MR) is 63.0 cm³/mol. The molecule has 6 nitrogen and oxygen atoms in total. The summed E-state index contributed by atoms with van der Waals surface area (Å²) < 4.78 is 22.5. The molecule has 0 aliphatic heterocycles. The van der Waals surface area contributed by atoms with Crippen LogP contribution in [-0.4, -0.2) is 27.7 Å². The van der Waals surface area contributed by atoms with Crippen molar-refractivity contribution in [3.05, 3.63) is 29.4 Å². The standard InChI is InChI=1S/C12H12FN3O3/c1-3-18-12(17)10-9(4-13)19-16-11(10)8-6-14-7(2)5-15-8/h5-6H,3-4H2,1-2H3. The van der Waals surface area contributed by atoms with Gasteiger partial charge in [-0.1, -0.05) is 5.16 Å². The van der Waals surface area contributed by atoms with Crippen LogP contribution in [0.5, 0.6) is 0 Å². The number of aromatic nitrogens is 3. The highest BCUT2D eigenvalue weighted by molar-refractivity contribution is 5.96. The summed E-state index contributed by atoms with van der Waals surface area (Å²) in [5.74, 6) is -0.857. The van der Waals surface area contributed by atoms with Crippen molar-refractivity contribution in [2.24, 2.45) is 0 Å². The van der Waals surface area contributed by atoms with Crippen LogP contribution in [0.25, 0.3) is 11.4 Å². The molecular formula is C12H12FN3O3. The van der Waals surface area contributed by atoms with Crippen molar-refractivity contribution in [1.29, 1.82) is 0 Å². The van der Waals surface area contributed by atoms with Crippen LogP contribution in [0.2, 0.25) is 0 Å². The maximum Gasteiger partial charge on any atom is 0.344 e. The third kappa shape index (κ3) is 2.59. The number of nitrogens with zero attached hydrogens (tertiary/aromatic N) is 3. The van der Waals surface area contributed by atoms with Gasteiger partial charge in [0.25, 0.3) is 0 Å². The molecule has 0 N–H and O–H groups in total. The van der Waals surface area contributed by atoms with Crippen LogP contribution >= 0.6 is 0 Å². The summed E-state index contributed by atoms with van der Waals surface area (Å²) in [6.07, 6.45) is 2.96. The summed E-state index contributed by atoms with van der Waals surface area (Å²) in [6.45, 7) is 2.67. The zero-order valence-electron chi connectivity index (χ0n) is 10.5. The number of esters is 1. The topological polar surface area (TPSA) is 78.1 Å². The zero-order valence-corrected chi connectivity index (χ0v) is 10.5. The molecule has 0 saturated carbocycles. The van der Waals surface area contributed by atoms with E-state index in [1.165, 1.54) is 12.4 Å². The quantitative estimate of drug-likeness (QED) is 0.787. The first-order chi connectivity index (χ1) is 9.17. The maximum atomic E-state index is 12.8. The Labute approximate surface area is 108 Å². The van der Waals surface area contributed by atoms with Crippen molar-refractivity contribution in [3.8, 4) is 11.4 Å². The smallest absolute Gasteiger partial charge is 0.344 e. The SMILES string of the molecule is CCOC(=O)c1c(-c2cnc(C)cn2)noc1CF. The molecule has 2 aromatic rings. The van der Waals surface area contributed by atoms with Gasteiger partial charge in [-0.3, -0.25) is 9.97 Å². The summed E-state index contributed by atoms with van der Waals surface area (Å²) >= 11 is 0. The Kier molecular flexibility index (Phi) is 3.84. The van der Waals surface area contributed by atoms with Crippen molar-refractivity contribution >= 4 is 5.97 Å². The van der Waals surface area contributed by atoms with E-state index >= 15 is 0 Å². The van der Waals surface area contributed by atoms with Gasteiger partial charge < -0.3 is 9.26 Å². The van der Waals surface area contributed by atoms with E-state index in [-0.39, 0.29) is 23.6 Å². The first-order valence-corrected chi connectivity index (χ1v) is 5.68. The Morgan fingerprint density at radius 2 is 2.21 bits per heavy atom. The molecule has 0 aliphatic rings. The third-order valence-corrected chi connectivity index (χ3v) is 2.39. The van der Waals surface area contributed by atoms with E-state index < -0.39 is 12.6 Å². The molecule has 0 fully saturated rings. The van der Waals surface area contributed by atoms with Crippen molar-refractivity contribution in [1.82, 2.24) is 15.1 Å². The van der Waals surface area contributed by atoms with Crippen molar-refractivity contribution in [2.75, 3.05) is 6.61 Å².